The average molecular weight is 304 g/mol. The summed E-state index contributed by atoms with van der Waals surface area (Å²) in [6, 6.07) is 12.6. The topological polar surface area (TPSA) is 54.4 Å². The molecular weight excluding hydrogens is 294 g/mol. The highest BCUT2D eigenvalue weighted by Gasteiger charge is 2.03. The van der Waals surface area contributed by atoms with Crippen molar-refractivity contribution in [3.63, 3.8) is 0 Å². The van der Waals surface area contributed by atoms with Crippen LogP contribution >= 0.6 is 15.9 Å². The quantitative estimate of drug-likeness (QED) is 0.700. The van der Waals surface area contributed by atoms with Crippen LogP contribution in [-0.2, 0) is 0 Å². The van der Waals surface area contributed by atoms with Crippen LogP contribution in [-0.4, -0.2) is 17.1 Å². The smallest absolute Gasteiger partial charge is 0.267 e. The van der Waals surface area contributed by atoms with E-state index in [-0.39, 0.29) is 5.91 Å². The second kappa shape index (κ2) is 6.07. The monoisotopic (exact) mass is 303 g/mol. The second-order valence-electron chi connectivity index (χ2n) is 3.46. The van der Waals surface area contributed by atoms with Crippen molar-refractivity contribution in [3.05, 3.63) is 64.4 Å². The van der Waals surface area contributed by atoms with Crippen LogP contribution in [0.1, 0.15) is 16.1 Å². The van der Waals surface area contributed by atoms with Gasteiger partial charge in [0.25, 0.3) is 5.91 Å². The maximum absolute atomic E-state index is 11.7. The van der Waals surface area contributed by atoms with Crippen LogP contribution in [0.2, 0.25) is 0 Å². The molecule has 0 saturated heterocycles. The first-order chi connectivity index (χ1) is 8.75. The molecule has 0 aliphatic rings. The van der Waals surface area contributed by atoms with Crippen molar-refractivity contribution in [1.29, 1.82) is 0 Å². The van der Waals surface area contributed by atoms with E-state index in [9.17, 15) is 4.79 Å². The third-order valence-corrected chi connectivity index (χ3v) is 2.63. The molecule has 1 heterocycles. The zero-order valence-electron chi connectivity index (χ0n) is 9.38. The van der Waals surface area contributed by atoms with E-state index in [4.69, 9.17) is 0 Å². The zero-order valence-corrected chi connectivity index (χ0v) is 11.0. The van der Waals surface area contributed by atoms with Gasteiger partial charge < -0.3 is 0 Å². The van der Waals surface area contributed by atoms with E-state index in [0.717, 1.165) is 4.47 Å². The van der Waals surface area contributed by atoms with Gasteiger partial charge in [-0.1, -0.05) is 28.1 Å². The molecule has 0 unspecified atom stereocenters. The first kappa shape index (κ1) is 12.4. The van der Waals surface area contributed by atoms with Gasteiger partial charge in [0.15, 0.2) is 0 Å². The van der Waals surface area contributed by atoms with Crippen LogP contribution in [0.4, 0.5) is 0 Å². The van der Waals surface area contributed by atoms with Crippen molar-refractivity contribution >= 4 is 28.1 Å². The predicted octanol–water partition coefficient (Wildman–Crippen LogP) is 2.61. The number of pyridine rings is 1. The molecule has 0 aliphatic carbocycles. The first-order valence-corrected chi connectivity index (χ1v) is 6.05. The Morgan fingerprint density at radius 2 is 2.17 bits per heavy atom. The number of halogens is 1. The maximum atomic E-state index is 11.7. The van der Waals surface area contributed by atoms with Gasteiger partial charge in [-0.3, -0.25) is 9.78 Å². The van der Waals surface area contributed by atoms with Gasteiger partial charge in [-0.25, -0.2) is 5.43 Å². The molecular formula is C13H10BrN3O. The number of aromatic nitrogens is 1. The summed E-state index contributed by atoms with van der Waals surface area (Å²) in [6.07, 6.45) is 3.16. The van der Waals surface area contributed by atoms with Gasteiger partial charge in [-0.2, -0.15) is 5.10 Å². The van der Waals surface area contributed by atoms with Crippen LogP contribution < -0.4 is 5.43 Å². The Bertz CT molecular complexity index is 569. The van der Waals surface area contributed by atoms with Crippen LogP contribution in [0.25, 0.3) is 0 Å². The highest BCUT2D eigenvalue weighted by molar-refractivity contribution is 9.10. The summed E-state index contributed by atoms with van der Waals surface area (Å²) in [6.45, 7) is 0. The Morgan fingerprint density at radius 1 is 1.28 bits per heavy atom. The third kappa shape index (κ3) is 3.49. The molecule has 0 saturated carbocycles. The summed E-state index contributed by atoms with van der Waals surface area (Å²) < 4.78 is 0.851. The van der Waals surface area contributed by atoms with Gasteiger partial charge in [-0.05, 0) is 30.3 Å². The molecule has 0 atom stereocenters. The maximum Gasteiger partial charge on any atom is 0.271 e. The fraction of sp³-hybridized carbons (Fsp3) is 0. The second-order valence-corrected chi connectivity index (χ2v) is 4.38. The van der Waals surface area contributed by atoms with Gasteiger partial charge in [0, 0.05) is 16.2 Å². The molecule has 1 aromatic carbocycles. The normalized spacial score (nSPS) is 10.5. The SMILES string of the molecule is O=C(N/N=C/c1ccccn1)c1cccc(Br)c1. The van der Waals surface area contributed by atoms with Crippen LogP contribution in [0.5, 0.6) is 0 Å². The number of hydrogen-bond acceptors (Lipinski definition) is 3. The molecule has 0 radical (unpaired) electrons. The van der Waals surface area contributed by atoms with Crippen molar-refractivity contribution in [2.75, 3.05) is 0 Å². The lowest BCUT2D eigenvalue weighted by Crippen LogP contribution is -2.17. The van der Waals surface area contributed by atoms with Crippen LogP contribution in [0.15, 0.2) is 58.2 Å². The minimum absolute atomic E-state index is 0.261. The van der Waals surface area contributed by atoms with Gasteiger partial charge >= 0.3 is 0 Å². The third-order valence-electron chi connectivity index (χ3n) is 2.14. The Morgan fingerprint density at radius 3 is 2.89 bits per heavy atom. The van der Waals surface area contributed by atoms with Crippen molar-refractivity contribution in [2.45, 2.75) is 0 Å². The number of nitrogens with one attached hydrogen (secondary N) is 1. The average Bonchev–Trinajstić information content (AvgIpc) is 2.40. The van der Waals surface area contributed by atoms with E-state index >= 15 is 0 Å². The summed E-state index contributed by atoms with van der Waals surface area (Å²) in [5, 5.41) is 3.85. The molecule has 5 heteroatoms. The van der Waals surface area contributed by atoms with Crippen LogP contribution in [0.3, 0.4) is 0 Å². The number of hydrazone groups is 1. The molecule has 1 amide bonds. The van der Waals surface area contributed by atoms with Crippen molar-refractivity contribution in [2.24, 2.45) is 5.10 Å². The largest absolute Gasteiger partial charge is 0.271 e. The molecule has 0 aliphatic heterocycles. The van der Waals surface area contributed by atoms with E-state index in [1.807, 2.05) is 18.2 Å². The lowest BCUT2D eigenvalue weighted by molar-refractivity contribution is 0.0955. The molecule has 90 valence electrons. The molecule has 0 bridgehead atoms. The number of carbonyl (C=O) groups is 1. The van der Waals surface area contributed by atoms with Gasteiger partial charge in [0.05, 0.1) is 11.9 Å². The van der Waals surface area contributed by atoms with E-state index in [2.05, 4.69) is 31.4 Å². The summed E-state index contributed by atoms with van der Waals surface area (Å²) in [4.78, 5) is 15.8. The van der Waals surface area contributed by atoms with Gasteiger partial charge in [0.2, 0.25) is 0 Å². The highest BCUT2D eigenvalue weighted by atomic mass is 79.9. The first-order valence-electron chi connectivity index (χ1n) is 5.26. The van der Waals surface area contributed by atoms with Crippen molar-refractivity contribution < 1.29 is 4.79 Å². The fourth-order valence-corrected chi connectivity index (χ4v) is 1.70. The number of amides is 1. The molecule has 0 fully saturated rings. The summed E-state index contributed by atoms with van der Waals surface area (Å²) >= 11 is 3.31. The highest BCUT2D eigenvalue weighted by Crippen LogP contribution is 2.11. The number of benzene rings is 1. The molecule has 4 nitrogen and oxygen atoms in total. The van der Waals surface area contributed by atoms with Gasteiger partial charge in [0.1, 0.15) is 0 Å². The molecule has 0 spiro atoms. The summed E-state index contributed by atoms with van der Waals surface area (Å²) in [5.74, 6) is -0.261. The summed E-state index contributed by atoms with van der Waals surface area (Å²) in [7, 11) is 0. The summed E-state index contributed by atoms with van der Waals surface area (Å²) in [5.41, 5.74) is 3.68. The van der Waals surface area contributed by atoms with Crippen LogP contribution in [0, 0.1) is 0 Å². The van der Waals surface area contributed by atoms with Gasteiger partial charge in [-0.15, -0.1) is 0 Å². The number of carbonyl (C=O) groups excluding carboxylic acids is 1. The lowest BCUT2D eigenvalue weighted by atomic mass is 10.2. The Hall–Kier alpha value is -2.01. The standard InChI is InChI=1S/C13H10BrN3O/c14-11-5-3-4-10(8-11)13(18)17-16-9-12-6-1-2-7-15-12/h1-9H,(H,17,18)/b16-9+. The number of hydrogen-bond donors (Lipinski definition) is 1. The minimum atomic E-state index is -0.261. The minimum Gasteiger partial charge on any atom is -0.267 e. The predicted molar refractivity (Wildman–Crippen MR) is 73.4 cm³/mol. The fourth-order valence-electron chi connectivity index (χ4n) is 1.30. The molecule has 1 N–H and O–H groups in total. The number of rotatable bonds is 3. The zero-order chi connectivity index (χ0) is 12.8. The Balaban J connectivity index is 1.99. The van der Waals surface area contributed by atoms with E-state index in [0.29, 0.717) is 11.3 Å². The molecule has 2 rings (SSSR count). The van der Waals surface area contributed by atoms with E-state index < -0.39 is 0 Å². The Labute approximate surface area is 113 Å². The molecule has 1 aromatic heterocycles. The number of nitrogens with zero attached hydrogens (tertiary/aromatic N) is 2. The van der Waals surface area contributed by atoms with Crippen molar-refractivity contribution in [1.82, 2.24) is 10.4 Å². The molecule has 18 heavy (non-hydrogen) atoms. The van der Waals surface area contributed by atoms with Crippen molar-refractivity contribution in [3.8, 4) is 0 Å². The van der Waals surface area contributed by atoms with E-state index in [1.54, 1.807) is 30.5 Å². The lowest BCUT2D eigenvalue weighted by Gasteiger charge is -1.99. The Kier molecular flexibility index (Phi) is 4.20. The molecule has 2 aromatic rings. The van der Waals surface area contributed by atoms with E-state index in [1.165, 1.54) is 6.21 Å².